The van der Waals surface area contributed by atoms with Crippen LogP contribution in [0, 0.1) is 28.6 Å². The number of rotatable bonds is 6. The molecule has 36 heavy (non-hydrogen) atoms. The molecule has 1 aromatic heterocycles. The maximum atomic E-state index is 13.1. The number of fused-ring (bicyclic) bond motifs is 1. The summed E-state index contributed by atoms with van der Waals surface area (Å²) < 4.78 is 0. The Morgan fingerprint density at radius 3 is 2.58 bits per heavy atom. The fraction of sp³-hybridized carbons (Fsp3) is 0.552. The fourth-order valence-corrected chi connectivity index (χ4v) is 7.47. The zero-order valence-electron chi connectivity index (χ0n) is 21.8. The third-order valence-corrected chi connectivity index (χ3v) is 9.86. The van der Waals surface area contributed by atoms with Crippen molar-refractivity contribution < 1.29 is 9.59 Å². The minimum absolute atomic E-state index is 0.0991. The quantitative estimate of drug-likeness (QED) is 0.386. The van der Waals surface area contributed by atoms with Gasteiger partial charge in [-0.1, -0.05) is 46.1 Å². The third-order valence-electron chi connectivity index (χ3n) is 7.60. The number of nitriles is 1. The van der Waals surface area contributed by atoms with E-state index < -0.39 is 0 Å². The molecule has 1 fully saturated rings. The van der Waals surface area contributed by atoms with Crippen LogP contribution in [0.3, 0.4) is 0 Å². The largest absolute Gasteiger partial charge is 0.326 e. The minimum atomic E-state index is -0.345. The van der Waals surface area contributed by atoms with Crippen LogP contribution in [0.2, 0.25) is 0 Å². The predicted molar refractivity (Wildman–Crippen MR) is 150 cm³/mol. The maximum absolute atomic E-state index is 13.1. The Morgan fingerprint density at radius 2 is 1.89 bits per heavy atom. The van der Waals surface area contributed by atoms with Crippen molar-refractivity contribution in [1.29, 1.82) is 5.26 Å². The lowest BCUT2D eigenvalue weighted by Gasteiger charge is -2.33. The van der Waals surface area contributed by atoms with Gasteiger partial charge >= 0.3 is 0 Å². The van der Waals surface area contributed by atoms with Crippen molar-refractivity contribution in [2.24, 2.45) is 17.3 Å². The number of carbonyl (C=O) groups is 2. The summed E-state index contributed by atoms with van der Waals surface area (Å²) in [6.07, 6.45) is 8.34. The second kappa shape index (κ2) is 11.4. The van der Waals surface area contributed by atoms with Gasteiger partial charge in [0.2, 0.25) is 11.8 Å². The van der Waals surface area contributed by atoms with Crippen LogP contribution in [-0.4, -0.2) is 17.1 Å². The number of nitrogens with zero attached hydrogens (tertiary/aromatic N) is 1. The van der Waals surface area contributed by atoms with E-state index in [1.165, 1.54) is 23.1 Å². The number of anilines is 2. The van der Waals surface area contributed by atoms with E-state index in [0.29, 0.717) is 16.5 Å². The highest BCUT2D eigenvalue weighted by molar-refractivity contribution is 8.00. The summed E-state index contributed by atoms with van der Waals surface area (Å²) in [6, 6.07) is 10.1. The van der Waals surface area contributed by atoms with E-state index in [2.05, 4.69) is 37.5 Å². The van der Waals surface area contributed by atoms with Crippen molar-refractivity contribution in [2.75, 3.05) is 10.6 Å². The van der Waals surface area contributed by atoms with Gasteiger partial charge in [0.05, 0.1) is 10.8 Å². The van der Waals surface area contributed by atoms with Gasteiger partial charge in [0.1, 0.15) is 11.1 Å². The summed E-state index contributed by atoms with van der Waals surface area (Å²) >= 11 is 3.03. The van der Waals surface area contributed by atoms with Crippen molar-refractivity contribution in [1.82, 2.24) is 0 Å². The molecule has 192 valence electrons. The molecule has 1 aromatic carbocycles. The molecule has 0 saturated heterocycles. The Bertz CT molecular complexity index is 1150. The zero-order valence-corrected chi connectivity index (χ0v) is 23.4. The summed E-state index contributed by atoms with van der Waals surface area (Å²) in [5.74, 6) is 0.671. The van der Waals surface area contributed by atoms with Crippen LogP contribution in [0.4, 0.5) is 10.7 Å². The number of hydrogen-bond acceptors (Lipinski definition) is 5. The Balaban J connectivity index is 1.39. The van der Waals surface area contributed by atoms with E-state index >= 15 is 0 Å². The molecule has 2 aromatic rings. The Morgan fingerprint density at radius 1 is 1.14 bits per heavy atom. The van der Waals surface area contributed by atoms with E-state index in [1.54, 1.807) is 11.3 Å². The number of thiophene rings is 1. The second-order valence-corrected chi connectivity index (χ2v) is 13.7. The van der Waals surface area contributed by atoms with Gasteiger partial charge in [-0.05, 0) is 74.1 Å². The van der Waals surface area contributed by atoms with Crippen molar-refractivity contribution in [3.63, 3.8) is 0 Å². The van der Waals surface area contributed by atoms with Gasteiger partial charge < -0.3 is 10.6 Å². The molecule has 2 unspecified atom stereocenters. The number of hydrogen-bond donors (Lipinski definition) is 2. The number of benzene rings is 1. The molecular weight excluding hydrogens is 486 g/mol. The van der Waals surface area contributed by atoms with Crippen LogP contribution >= 0.6 is 23.1 Å². The first-order valence-corrected chi connectivity index (χ1v) is 14.8. The van der Waals surface area contributed by atoms with Gasteiger partial charge in [-0.3, -0.25) is 9.59 Å². The van der Waals surface area contributed by atoms with Gasteiger partial charge in [-0.15, -0.1) is 23.1 Å². The molecule has 0 aliphatic heterocycles. The lowest BCUT2D eigenvalue weighted by Crippen LogP contribution is -2.26. The first kappa shape index (κ1) is 26.8. The van der Waals surface area contributed by atoms with Gasteiger partial charge in [-0.2, -0.15) is 5.26 Å². The van der Waals surface area contributed by atoms with Crippen molar-refractivity contribution in [3.05, 3.63) is 40.3 Å². The highest BCUT2D eigenvalue weighted by Crippen LogP contribution is 2.44. The first-order valence-electron chi connectivity index (χ1n) is 13.1. The topological polar surface area (TPSA) is 82.0 Å². The number of thioether (sulfide) groups is 1. The summed E-state index contributed by atoms with van der Waals surface area (Å²) in [5, 5.41) is 16.3. The molecule has 0 radical (unpaired) electrons. The van der Waals surface area contributed by atoms with E-state index in [1.807, 2.05) is 31.2 Å². The smallest absolute Gasteiger partial charge is 0.238 e. The number of carbonyl (C=O) groups excluding carboxylic acids is 2. The molecule has 2 aliphatic carbocycles. The zero-order chi connectivity index (χ0) is 25.9. The molecule has 2 aliphatic rings. The Hall–Kier alpha value is -2.30. The Labute approximate surface area is 223 Å². The van der Waals surface area contributed by atoms with Crippen LogP contribution in [-0.2, 0) is 22.4 Å². The lowest BCUT2D eigenvalue weighted by molar-refractivity contribution is -0.120. The van der Waals surface area contributed by atoms with Crippen LogP contribution in [0.1, 0.15) is 82.2 Å². The van der Waals surface area contributed by atoms with Crippen LogP contribution in [0.25, 0.3) is 0 Å². The predicted octanol–water partition coefficient (Wildman–Crippen LogP) is 7.41. The van der Waals surface area contributed by atoms with Gasteiger partial charge in [-0.25, -0.2) is 0 Å². The average molecular weight is 524 g/mol. The SMILES string of the molecule is CC(Sc1cccc(NC(=O)C2CCCCC2)c1)C(=O)Nc1sc2c(c1C#N)CCC(C(C)(C)C)C2. The summed E-state index contributed by atoms with van der Waals surface area (Å²) in [6.45, 7) is 8.71. The molecule has 1 heterocycles. The van der Waals surface area contributed by atoms with Crippen LogP contribution in [0.5, 0.6) is 0 Å². The van der Waals surface area contributed by atoms with Gasteiger partial charge in [0.25, 0.3) is 0 Å². The van der Waals surface area contributed by atoms with E-state index in [-0.39, 0.29) is 28.4 Å². The highest BCUT2D eigenvalue weighted by atomic mass is 32.2. The Kier molecular flexibility index (Phi) is 8.47. The molecule has 7 heteroatoms. The number of amides is 2. The standard InChI is InChI=1S/C29H37N3O2S2/c1-18(35-22-12-8-11-21(16-22)31-27(34)19-9-6-5-7-10-19)26(33)32-28-24(17-30)23-14-13-20(29(2,3)4)15-25(23)36-28/h8,11-12,16,18-20H,5-7,9-10,13-15H2,1-4H3,(H,31,34)(H,32,33). The monoisotopic (exact) mass is 523 g/mol. The molecule has 4 rings (SSSR count). The van der Waals surface area contributed by atoms with Gasteiger partial charge in [0, 0.05) is 21.4 Å². The van der Waals surface area contributed by atoms with E-state index in [0.717, 1.165) is 61.1 Å². The summed E-state index contributed by atoms with van der Waals surface area (Å²) in [5.41, 5.74) is 2.77. The summed E-state index contributed by atoms with van der Waals surface area (Å²) in [7, 11) is 0. The summed E-state index contributed by atoms with van der Waals surface area (Å²) in [4.78, 5) is 27.9. The molecule has 0 bridgehead atoms. The molecule has 2 atom stereocenters. The molecule has 0 spiro atoms. The molecule has 2 N–H and O–H groups in total. The minimum Gasteiger partial charge on any atom is -0.326 e. The normalized spacial score (nSPS) is 19.1. The molecule has 2 amide bonds. The molecule has 1 saturated carbocycles. The molecule has 5 nitrogen and oxygen atoms in total. The second-order valence-electron chi connectivity index (χ2n) is 11.2. The van der Waals surface area contributed by atoms with Crippen LogP contribution < -0.4 is 10.6 Å². The fourth-order valence-electron chi connectivity index (χ4n) is 5.26. The van der Waals surface area contributed by atoms with E-state index in [4.69, 9.17) is 0 Å². The van der Waals surface area contributed by atoms with Crippen LogP contribution in [0.15, 0.2) is 29.2 Å². The van der Waals surface area contributed by atoms with Crippen molar-refractivity contribution in [2.45, 2.75) is 89.2 Å². The number of nitrogens with one attached hydrogen (secondary N) is 2. The van der Waals surface area contributed by atoms with E-state index in [9.17, 15) is 14.9 Å². The highest BCUT2D eigenvalue weighted by Gasteiger charge is 2.32. The van der Waals surface area contributed by atoms with Crippen molar-refractivity contribution in [3.8, 4) is 6.07 Å². The van der Waals surface area contributed by atoms with Gasteiger partial charge in [0.15, 0.2) is 0 Å². The lowest BCUT2D eigenvalue weighted by atomic mass is 9.72. The third kappa shape index (κ3) is 6.33. The van der Waals surface area contributed by atoms with Crippen molar-refractivity contribution >= 4 is 45.6 Å². The molecular formula is C29H37N3O2S2. The maximum Gasteiger partial charge on any atom is 0.238 e. The average Bonchev–Trinajstić information content (AvgIpc) is 3.20. The first-order chi connectivity index (χ1) is 17.2.